The molecule has 142 valence electrons. The quantitative estimate of drug-likeness (QED) is 0.836. The molecule has 6 heteroatoms. The second-order valence-electron chi connectivity index (χ2n) is 7.35. The zero-order valence-corrected chi connectivity index (χ0v) is 16.0. The SMILES string of the molecule is COc1ccc2c(c1)CCN(C(=O)C1CCN(c3ccncn3)CC1)C2C. The lowest BCUT2D eigenvalue weighted by Gasteiger charge is -2.40. The third-order valence-electron chi connectivity index (χ3n) is 5.91. The molecule has 1 unspecified atom stereocenters. The molecule has 1 aromatic heterocycles. The lowest BCUT2D eigenvalue weighted by atomic mass is 9.89. The first-order chi connectivity index (χ1) is 13.2. The molecular weight excluding hydrogens is 340 g/mol. The van der Waals surface area contributed by atoms with Gasteiger partial charge in [0.05, 0.1) is 13.2 Å². The van der Waals surface area contributed by atoms with Crippen molar-refractivity contribution in [3.63, 3.8) is 0 Å². The Morgan fingerprint density at radius 3 is 2.70 bits per heavy atom. The molecule has 1 saturated heterocycles. The van der Waals surface area contributed by atoms with Crippen LogP contribution in [0.2, 0.25) is 0 Å². The highest BCUT2D eigenvalue weighted by Gasteiger charge is 2.34. The van der Waals surface area contributed by atoms with Gasteiger partial charge in [-0.1, -0.05) is 6.07 Å². The van der Waals surface area contributed by atoms with Gasteiger partial charge in [-0.25, -0.2) is 9.97 Å². The maximum absolute atomic E-state index is 13.2. The van der Waals surface area contributed by atoms with Gasteiger partial charge in [-0.2, -0.15) is 0 Å². The van der Waals surface area contributed by atoms with Crippen LogP contribution in [-0.2, 0) is 11.2 Å². The summed E-state index contributed by atoms with van der Waals surface area (Å²) >= 11 is 0. The van der Waals surface area contributed by atoms with Crippen LogP contribution in [0, 0.1) is 5.92 Å². The molecule has 0 aliphatic carbocycles. The average molecular weight is 366 g/mol. The molecule has 0 radical (unpaired) electrons. The van der Waals surface area contributed by atoms with Crippen LogP contribution in [-0.4, -0.2) is 47.5 Å². The minimum absolute atomic E-state index is 0.102. The van der Waals surface area contributed by atoms with Crippen LogP contribution in [0.4, 0.5) is 5.82 Å². The summed E-state index contributed by atoms with van der Waals surface area (Å²) in [4.78, 5) is 25.8. The molecule has 1 atom stereocenters. The maximum Gasteiger partial charge on any atom is 0.226 e. The number of rotatable bonds is 3. The van der Waals surface area contributed by atoms with E-state index in [1.165, 1.54) is 11.1 Å². The molecule has 0 spiro atoms. The molecule has 27 heavy (non-hydrogen) atoms. The molecule has 1 amide bonds. The van der Waals surface area contributed by atoms with Crippen LogP contribution in [0.5, 0.6) is 5.75 Å². The van der Waals surface area contributed by atoms with Gasteiger partial charge < -0.3 is 14.5 Å². The normalized spacial score (nSPS) is 20.3. The highest BCUT2D eigenvalue weighted by atomic mass is 16.5. The summed E-state index contributed by atoms with van der Waals surface area (Å²) in [7, 11) is 1.69. The molecule has 2 aliphatic heterocycles. The van der Waals surface area contributed by atoms with Crippen molar-refractivity contribution in [2.24, 2.45) is 5.92 Å². The van der Waals surface area contributed by atoms with E-state index in [1.54, 1.807) is 19.6 Å². The molecular formula is C21H26N4O2. The van der Waals surface area contributed by atoms with E-state index in [9.17, 15) is 4.79 Å². The van der Waals surface area contributed by atoms with Gasteiger partial charge in [0.1, 0.15) is 17.9 Å². The van der Waals surface area contributed by atoms with E-state index >= 15 is 0 Å². The third-order valence-corrected chi connectivity index (χ3v) is 5.91. The van der Waals surface area contributed by atoms with E-state index in [4.69, 9.17) is 4.74 Å². The largest absolute Gasteiger partial charge is 0.497 e. The van der Waals surface area contributed by atoms with Crippen LogP contribution in [0.1, 0.15) is 36.9 Å². The van der Waals surface area contributed by atoms with Crippen LogP contribution < -0.4 is 9.64 Å². The summed E-state index contributed by atoms with van der Waals surface area (Å²) in [6.45, 7) is 4.65. The number of amides is 1. The van der Waals surface area contributed by atoms with Gasteiger partial charge in [0.2, 0.25) is 5.91 Å². The minimum atomic E-state index is 0.102. The molecule has 0 saturated carbocycles. The predicted molar refractivity (Wildman–Crippen MR) is 104 cm³/mol. The van der Waals surface area contributed by atoms with E-state index in [1.807, 2.05) is 12.1 Å². The lowest BCUT2D eigenvalue weighted by Crippen LogP contribution is -2.45. The van der Waals surface area contributed by atoms with Crippen molar-refractivity contribution in [2.45, 2.75) is 32.2 Å². The Balaban J connectivity index is 1.41. The molecule has 1 fully saturated rings. The molecule has 3 heterocycles. The first-order valence-corrected chi connectivity index (χ1v) is 9.65. The maximum atomic E-state index is 13.2. The summed E-state index contributed by atoms with van der Waals surface area (Å²) in [6.07, 6.45) is 5.99. The van der Waals surface area contributed by atoms with Gasteiger partial charge in [0, 0.05) is 31.7 Å². The lowest BCUT2D eigenvalue weighted by molar-refractivity contribution is -0.138. The highest BCUT2D eigenvalue weighted by Crippen LogP contribution is 2.34. The molecule has 6 nitrogen and oxygen atoms in total. The summed E-state index contributed by atoms with van der Waals surface area (Å²) < 4.78 is 5.34. The monoisotopic (exact) mass is 366 g/mol. The number of ether oxygens (including phenoxy) is 1. The van der Waals surface area contributed by atoms with E-state index in [0.29, 0.717) is 5.91 Å². The molecule has 0 N–H and O–H groups in total. The molecule has 2 aliphatic rings. The number of aromatic nitrogens is 2. The number of carbonyl (C=O) groups is 1. The Morgan fingerprint density at radius 1 is 1.19 bits per heavy atom. The topological polar surface area (TPSA) is 58.6 Å². The highest BCUT2D eigenvalue weighted by molar-refractivity contribution is 5.80. The predicted octanol–water partition coefficient (Wildman–Crippen LogP) is 2.85. The van der Waals surface area contributed by atoms with Crippen molar-refractivity contribution in [3.05, 3.63) is 47.9 Å². The molecule has 0 bridgehead atoms. The van der Waals surface area contributed by atoms with Gasteiger partial charge >= 0.3 is 0 Å². The molecule has 2 aromatic rings. The van der Waals surface area contributed by atoms with E-state index in [0.717, 1.165) is 50.5 Å². The van der Waals surface area contributed by atoms with E-state index < -0.39 is 0 Å². The molecule has 1 aromatic carbocycles. The Hall–Kier alpha value is -2.63. The van der Waals surface area contributed by atoms with E-state index in [-0.39, 0.29) is 12.0 Å². The van der Waals surface area contributed by atoms with Crippen molar-refractivity contribution in [1.82, 2.24) is 14.9 Å². The number of hydrogen-bond acceptors (Lipinski definition) is 5. The fraction of sp³-hybridized carbons (Fsp3) is 0.476. The number of piperidine rings is 1. The number of fused-ring (bicyclic) bond motifs is 1. The number of hydrogen-bond donors (Lipinski definition) is 0. The van der Waals surface area contributed by atoms with Gasteiger partial charge in [0.15, 0.2) is 0 Å². The third kappa shape index (κ3) is 3.48. The minimum Gasteiger partial charge on any atom is -0.497 e. The fourth-order valence-electron chi connectivity index (χ4n) is 4.30. The van der Waals surface area contributed by atoms with Crippen molar-refractivity contribution >= 4 is 11.7 Å². The van der Waals surface area contributed by atoms with Gasteiger partial charge in [-0.3, -0.25) is 4.79 Å². The summed E-state index contributed by atoms with van der Waals surface area (Å²) in [5.41, 5.74) is 2.54. The average Bonchev–Trinajstić information content (AvgIpc) is 2.74. The number of methoxy groups -OCH3 is 1. The van der Waals surface area contributed by atoms with Crippen LogP contribution in [0.25, 0.3) is 0 Å². The van der Waals surface area contributed by atoms with Crippen LogP contribution >= 0.6 is 0 Å². The van der Waals surface area contributed by atoms with Crippen molar-refractivity contribution in [1.29, 1.82) is 0 Å². The number of nitrogens with zero attached hydrogens (tertiary/aromatic N) is 4. The summed E-state index contributed by atoms with van der Waals surface area (Å²) in [5, 5.41) is 0. The van der Waals surface area contributed by atoms with Crippen LogP contribution in [0.3, 0.4) is 0 Å². The van der Waals surface area contributed by atoms with Crippen molar-refractivity contribution < 1.29 is 9.53 Å². The number of carbonyl (C=O) groups excluding carboxylic acids is 1. The number of benzene rings is 1. The Bertz CT molecular complexity index is 803. The first kappa shape index (κ1) is 17.8. The Kier molecular flexibility index (Phi) is 4.97. The summed E-state index contributed by atoms with van der Waals surface area (Å²) in [6, 6.07) is 8.25. The van der Waals surface area contributed by atoms with E-state index in [2.05, 4.69) is 38.8 Å². The van der Waals surface area contributed by atoms with Crippen LogP contribution in [0.15, 0.2) is 36.8 Å². The zero-order chi connectivity index (χ0) is 18.8. The van der Waals surface area contributed by atoms with Gasteiger partial charge in [0.25, 0.3) is 0 Å². The zero-order valence-electron chi connectivity index (χ0n) is 16.0. The first-order valence-electron chi connectivity index (χ1n) is 9.65. The van der Waals surface area contributed by atoms with Gasteiger partial charge in [-0.15, -0.1) is 0 Å². The Morgan fingerprint density at radius 2 is 2.00 bits per heavy atom. The van der Waals surface area contributed by atoms with Crippen molar-refractivity contribution in [2.75, 3.05) is 31.6 Å². The Labute approximate surface area is 160 Å². The van der Waals surface area contributed by atoms with Gasteiger partial charge in [-0.05, 0) is 55.5 Å². The smallest absolute Gasteiger partial charge is 0.226 e. The summed E-state index contributed by atoms with van der Waals surface area (Å²) in [5.74, 6) is 2.24. The number of anilines is 1. The second-order valence-corrected chi connectivity index (χ2v) is 7.35. The standard InChI is InChI=1S/C21H26N4O2/c1-15-19-4-3-18(27-2)13-17(19)8-12-25(15)21(26)16-6-10-24(11-7-16)20-5-9-22-14-23-20/h3-5,9,13-16H,6-8,10-12H2,1-2H3. The van der Waals surface area contributed by atoms with Crippen molar-refractivity contribution in [3.8, 4) is 5.75 Å². The molecule has 4 rings (SSSR count). The second kappa shape index (κ2) is 7.55. The fourth-order valence-corrected chi connectivity index (χ4v) is 4.30.